The third-order valence-corrected chi connectivity index (χ3v) is 6.90. The molecular formula is C25H28FN5O2S. The lowest BCUT2D eigenvalue weighted by atomic mass is 9.86. The molecule has 1 saturated carbocycles. The summed E-state index contributed by atoms with van der Waals surface area (Å²) in [6, 6.07) is 15.6. The van der Waals surface area contributed by atoms with Crippen molar-refractivity contribution in [3.63, 3.8) is 0 Å². The van der Waals surface area contributed by atoms with Crippen molar-refractivity contribution in [3.05, 3.63) is 66.2 Å². The van der Waals surface area contributed by atoms with Crippen molar-refractivity contribution in [2.24, 2.45) is 5.92 Å². The molecule has 1 heterocycles. The Kier molecular flexibility index (Phi) is 7.95. The normalized spacial score (nSPS) is 17.8. The number of para-hydroxylation sites is 2. The minimum absolute atomic E-state index is 0.0368. The van der Waals surface area contributed by atoms with Crippen LogP contribution in [0.15, 0.2) is 59.8 Å². The number of halogens is 1. The van der Waals surface area contributed by atoms with Gasteiger partial charge in [0.2, 0.25) is 11.8 Å². The maximum atomic E-state index is 13.9. The van der Waals surface area contributed by atoms with Crippen LogP contribution in [0.3, 0.4) is 0 Å². The van der Waals surface area contributed by atoms with Crippen LogP contribution in [0.2, 0.25) is 0 Å². The fraction of sp³-hybridized carbons (Fsp3) is 0.360. The molecule has 2 aromatic carbocycles. The van der Waals surface area contributed by atoms with Gasteiger partial charge in [-0.3, -0.25) is 14.2 Å². The zero-order valence-electron chi connectivity index (χ0n) is 19.0. The topological polar surface area (TPSA) is 88.9 Å². The molecular weight excluding hydrogens is 453 g/mol. The molecule has 0 spiro atoms. The number of thioether (sulfide) groups is 1. The maximum Gasteiger partial charge on any atom is 0.232 e. The van der Waals surface area contributed by atoms with Gasteiger partial charge in [-0.25, -0.2) is 4.39 Å². The average molecular weight is 482 g/mol. The summed E-state index contributed by atoms with van der Waals surface area (Å²) in [5, 5.41) is 14.7. The second-order valence-electron chi connectivity index (χ2n) is 8.50. The second kappa shape index (κ2) is 11.3. The van der Waals surface area contributed by atoms with E-state index in [1.54, 1.807) is 16.7 Å². The Hall–Kier alpha value is -3.20. The van der Waals surface area contributed by atoms with Gasteiger partial charge in [0.05, 0.1) is 17.9 Å². The van der Waals surface area contributed by atoms with E-state index in [1.165, 1.54) is 30.3 Å². The highest BCUT2D eigenvalue weighted by Crippen LogP contribution is 2.25. The van der Waals surface area contributed by atoms with Crippen LogP contribution in [0.1, 0.15) is 38.4 Å². The number of nitrogens with one attached hydrogen (secondary N) is 2. The lowest BCUT2D eigenvalue weighted by Crippen LogP contribution is -2.41. The van der Waals surface area contributed by atoms with Crippen molar-refractivity contribution < 1.29 is 14.0 Å². The molecule has 7 nitrogen and oxygen atoms in total. The number of hydrogen-bond acceptors (Lipinski definition) is 5. The smallest absolute Gasteiger partial charge is 0.232 e. The molecule has 0 unspecified atom stereocenters. The third-order valence-electron chi connectivity index (χ3n) is 5.97. The van der Waals surface area contributed by atoms with Crippen molar-refractivity contribution in [2.75, 3.05) is 11.1 Å². The van der Waals surface area contributed by atoms with Crippen molar-refractivity contribution in [1.82, 2.24) is 20.1 Å². The van der Waals surface area contributed by atoms with Crippen LogP contribution in [-0.2, 0) is 16.0 Å². The summed E-state index contributed by atoms with van der Waals surface area (Å²) in [5.74, 6) is 0.143. The number of carbonyl (C=O) groups excluding carboxylic acids is 2. The summed E-state index contributed by atoms with van der Waals surface area (Å²) in [5.41, 5.74) is 0.895. The van der Waals surface area contributed by atoms with Crippen molar-refractivity contribution >= 4 is 29.3 Å². The lowest BCUT2D eigenvalue weighted by Gasteiger charge is -2.29. The molecule has 2 amide bonds. The molecule has 4 rings (SSSR count). The van der Waals surface area contributed by atoms with Gasteiger partial charge < -0.3 is 10.6 Å². The highest BCUT2D eigenvalue weighted by atomic mass is 32.2. The monoisotopic (exact) mass is 481 g/mol. The molecule has 2 atom stereocenters. The van der Waals surface area contributed by atoms with Gasteiger partial charge in [-0.1, -0.05) is 61.9 Å². The number of rotatable bonds is 8. The van der Waals surface area contributed by atoms with E-state index >= 15 is 0 Å². The van der Waals surface area contributed by atoms with Gasteiger partial charge >= 0.3 is 0 Å². The Balaban J connectivity index is 1.47. The molecule has 0 saturated heterocycles. The van der Waals surface area contributed by atoms with E-state index in [9.17, 15) is 14.0 Å². The maximum absolute atomic E-state index is 13.9. The minimum Gasteiger partial charge on any atom is -0.352 e. The summed E-state index contributed by atoms with van der Waals surface area (Å²) in [7, 11) is 0. The summed E-state index contributed by atoms with van der Waals surface area (Å²) in [6.07, 6.45) is 4.42. The summed E-state index contributed by atoms with van der Waals surface area (Å²) in [6.45, 7) is 2.18. The Labute approximate surface area is 202 Å². The standard InChI is InChI=1S/C25H28FN5O2S/c1-17-9-5-7-13-20(17)27-24(33)16-34-25-30-29-22(31(25)18-10-3-2-4-11-18)15-23(32)28-21-14-8-6-12-19(21)26/h2-4,6,8,10-12,14,17,20H,5,7,9,13,15-16H2,1H3,(H,27,33)(H,28,32)/t17-,20-/m1/s1. The first-order valence-corrected chi connectivity index (χ1v) is 12.5. The van der Waals surface area contributed by atoms with Crippen LogP contribution in [0.25, 0.3) is 5.69 Å². The molecule has 3 aromatic rings. The molecule has 2 N–H and O–H groups in total. The summed E-state index contributed by atoms with van der Waals surface area (Å²) in [4.78, 5) is 25.2. The molecule has 9 heteroatoms. The van der Waals surface area contributed by atoms with E-state index in [4.69, 9.17) is 0 Å². The van der Waals surface area contributed by atoms with Gasteiger partial charge in [-0.15, -0.1) is 10.2 Å². The molecule has 1 aliphatic rings. The molecule has 0 radical (unpaired) electrons. The molecule has 0 aliphatic heterocycles. The molecule has 1 aliphatic carbocycles. The Morgan fingerprint density at radius 2 is 1.76 bits per heavy atom. The van der Waals surface area contributed by atoms with Crippen LogP contribution in [0.5, 0.6) is 0 Å². The highest BCUT2D eigenvalue weighted by Gasteiger charge is 2.24. The number of benzene rings is 2. The fourth-order valence-electron chi connectivity index (χ4n) is 4.15. The van der Waals surface area contributed by atoms with Gasteiger partial charge in [0.25, 0.3) is 0 Å². The molecule has 1 aromatic heterocycles. The Morgan fingerprint density at radius 1 is 1.03 bits per heavy atom. The van der Waals surface area contributed by atoms with Gasteiger partial charge in [-0.05, 0) is 43.0 Å². The summed E-state index contributed by atoms with van der Waals surface area (Å²) >= 11 is 1.28. The number of hydrogen-bond donors (Lipinski definition) is 2. The predicted molar refractivity (Wildman–Crippen MR) is 130 cm³/mol. The largest absolute Gasteiger partial charge is 0.352 e. The van der Waals surface area contributed by atoms with Crippen molar-refractivity contribution in [1.29, 1.82) is 0 Å². The zero-order valence-corrected chi connectivity index (χ0v) is 19.9. The number of amides is 2. The van der Waals surface area contributed by atoms with E-state index in [0.29, 0.717) is 16.9 Å². The lowest BCUT2D eigenvalue weighted by molar-refractivity contribution is -0.120. The van der Waals surface area contributed by atoms with E-state index < -0.39 is 11.7 Å². The van der Waals surface area contributed by atoms with Crippen LogP contribution in [0, 0.1) is 11.7 Å². The predicted octanol–water partition coefficient (Wildman–Crippen LogP) is 4.37. The molecule has 34 heavy (non-hydrogen) atoms. The Bertz CT molecular complexity index is 1140. The fourth-order valence-corrected chi connectivity index (χ4v) is 4.94. The van der Waals surface area contributed by atoms with E-state index in [-0.39, 0.29) is 29.8 Å². The van der Waals surface area contributed by atoms with E-state index in [2.05, 4.69) is 27.8 Å². The Morgan fingerprint density at radius 3 is 2.53 bits per heavy atom. The quantitative estimate of drug-likeness (QED) is 0.466. The van der Waals surface area contributed by atoms with Gasteiger partial charge in [-0.2, -0.15) is 0 Å². The summed E-state index contributed by atoms with van der Waals surface area (Å²) < 4.78 is 15.7. The van der Waals surface area contributed by atoms with Crippen LogP contribution >= 0.6 is 11.8 Å². The SMILES string of the molecule is C[C@@H]1CCCC[C@H]1NC(=O)CSc1nnc(CC(=O)Nc2ccccc2F)n1-c1ccccc1. The average Bonchev–Trinajstić information content (AvgIpc) is 3.23. The van der Waals surface area contributed by atoms with Crippen molar-refractivity contribution in [3.8, 4) is 5.69 Å². The van der Waals surface area contributed by atoms with E-state index in [0.717, 1.165) is 24.9 Å². The number of carbonyl (C=O) groups is 2. The first kappa shape index (κ1) is 23.9. The first-order chi connectivity index (χ1) is 16.5. The van der Waals surface area contributed by atoms with Crippen LogP contribution in [-0.4, -0.2) is 38.4 Å². The third kappa shape index (κ3) is 6.02. The number of nitrogens with zero attached hydrogens (tertiary/aromatic N) is 3. The van der Waals surface area contributed by atoms with Crippen LogP contribution < -0.4 is 10.6 Å². The second-order valence-corrected chi connectivity index (χ2v) is 9.44. The van der Waals surface area contributed by atoms with Crippen molar-refractivity contribution in [2.45, 2.75) is 50.2 Å². The van der Waals surface area contributed by atoms with E-state index in [1.807, 2.05) is 30.3 Å². The van der Waals surface area contributed by atoms with Crippen LogP contribution in [0.4, 0.5) is 10.1 Å². The zero-order chi connectivity index (χ0) is 23.9. The van der Waals surface area contributed by atoms with Gasteiger partial charge in [0.1, 0.15) is 11.6 Å². The molecule has 1 fully saturated rings. The molecule has 178 valence electrons. The highest BCUT2D eigenvalue weighted by molar-refractivity contribution is 7.99. The minimum atomic E-state index is -0.505. The number of anilines is 1. The first-order valence-electron chi connectivity index (χ1n) is 11.5. The van der Waals surface area contributed by atoms with Gasteiger partial charge in [0, 0.05) is 11.7 Å². The van der Waals surface area contributed by atoms with Gasteiger partial charge in [0.15, 0.2) is 5.16 Å². The number of aromatic nitrogens is 3. The molecule has 0 bridgehead atoms.